The van der Waals surface area contributed by atoms with Crippen LogP contribution in [0.5, 0.6) is 0 Å². The van der Waals surface area contributed by atoms with Crippen LogP contribution in [0.15, 0.2) is 62.9 Å². The van der Waals surface area contributed by atoms with E-state index in [2.05, 4.69) is 42.2 Å². The first-order valence-electron chi connectivity index (χ1n) is 6.86. The molecule has 6 heteroatoms. The topological polar surface area (TPSA) is 42.0 Å². The number of carbonyl (C=O) groups excluding carboxylic acids is 1. The maximum absolute atomic E-state index is 12.2. The Hall–Kier alpha value is -1.50. The summed E-state index contributed by atoms with van der Waals surface area (Å²) in [6.07, 6.45) is 0.256. The molecule has 0 spiro atoms. The Morgan fingerprint density at radius 2 is 1.91 bits per heavy atom. The van der Waals surface area contributed by atoms with E-state index >= 15 is 0 Å². The molecule has 0 radical (unpaired) electrons. The molecule has 0 aliphatic carbocycles. The van der Waals surface area contributed by atoms with Gasteiger partial charge < -0.3 is 5.32 Å². The van der Waals surface area contributed by atoms with Gasteiger partial charge in [-0.3, -0.25) is 4.79 Å². The second kappa shape index (κ2) is 7.38. The lowest BCUT2D eigenvalue weighted by Gasteiger charge is -2.06. The Balaban J connectivity index is 1.68. The van der Waals surface area contributed by atoms with Gasteiger partial charge in [0, 0.05) is 19.9 Å². The maximum Gasteiger partial charge on any atom is 0.230 e. The molecule has 1 heterocycles. The van der Waals surface area contributed by atoms with Gasteiger partial charge in [-0.2, -0.15) is 0 Å². The zero-order valence-corrected chi connectivity index (χ0v) is 15.9. The van der Waals surface area contributed by atoms with E-state index in [1.807, 2.05) is 53.9 Å². The summed E-state index contributed by atoms with van der Waals surface area (Å²) in [6, 6.07) is 15.6. The third-order valence-corrected chi connectivity index (χ3v) is 5.21. The summed E-state index contributed by atoms with van der Waals surface area (Å²) in [4.78, 5) is 16.7. The predicted octanol–water partition coefficient (Wildman–Crippen LogP) is 5.52. The molecule has 3 aromatic rings. The summed E-state index contributed by atoms with van der Waals surface area (Å²) < 4.78 is 1.79. The van der Waals surface area contributed by atoms with Crippen molar-refractivity contribution in [1.82, 2.24) is 4.98 Å². The lowest BCUT2D eigenvalue weighted by molar-refractivity contribution is -0.115. The minimum Gasteiger partial charge on any atom is -0.325 e. The van der Waals surface area contributed by atoms with E-state index in [4.69, 9.17) is 0 Å². The van der Waals surface area contributed by atoms with Crippen LogP contribution in [-0.4, -0.2) is 10.9 Å². The standard InChI is InChI=1S/C17H12Br2N2OS/c18-12-6-7-15(14(19)8-12)21-16(22)9-13-10-23-17(20-13)11-4-2-1-3-5-11/h1-8,10H,9H2,(H,21,22). The van der Waals surface area contributed by atoms with Crippen LogP contribution in [0.1, 0.15) is 5.69 Å². The van der Waals surface area contributed by atoms with Gasteiger partial charge in [0.15, 0.2) is 0 Å². The highest BCUT2D eigenvalue weighted by Gasteiger charge is 2.10. The number of nitrogens with zero attached hydrogens (tertiary/aromatic N) is 1. The van der Waals surface area contributed by atoms with Crippen molar-refractivity contribution in [3.05, 3.63) is 68.6 Å². The molecule has 116 valence electrons. The van der Waals surface area contributed by atoms with Gasteiger partial charge in [-0.1, -0.05) is 46.3 Å². The van der Waals surface area contributed by atoms with Crippen molar-refractivity contribution in [2.24, 2.45) is 0 Å². The fraction of sp³-hybridized carbons (Fsp3) is 0.0588. The number of hydrogen-bond donors (Lipinski definition) is 1. The monoisotopic (exact) mass is 450 g/mol. The van der Waals surface area contributed by atoms with Gasteiger partial charge in [0.2, 0.25) is 5.91 Å². The van der Waals surface area contributed by atoms with Crippen LogP contribution >= 0.6 is 43.2 Å². The molecule has 0 aliphatic heterocycles. The van der Waals surface area contributed by atoms with Crippen LogP contribution in [0.3, 0.4) is 0 Å². The van der Waals surface area contributed by atoms with Crippen LogP contribution < -0.4 is 5.32 Å². The van der Waals surface area contributed by atoms with E-state index in [1.54, 1.807) is 11.3 Å². The summed E-state index contributed by atoms with van der Waals surface area (Å²) in [5.74, 6) is -0.0852. The number of nitrogens with one attached hydrogen (secondary N) is 1. The van der Waals surface area contributed by atoms with Crippen molar-refractivity contribution in [2.45, 2.75) is 6.42 Å². The molecule has 0 unspecified atom stereocenters. The number of hydrogen-bond acceptors (Lipinski definition) is 3. The average molecular weight is 452 g/mol. The Labute approximate surface area is 155 Å². The summed E-state index contributed by atoms with van der Waals surface area (Å²) in [5.41, 5.74) is 2.59. The first-order valence-corrected chi connectivity index (χ1v) is 9.33. The summed E-state index contributed by atoms with van der Waals surface area (Å²) >= 11 is 8.38. The smallest absolute Gasteiger partial charge is 0.230 e. The molecule has 0 atom stereocenters. The number of carbonyl (C=O) groups is 1. The van der Waals surface area contributed by atoms with Gasteiger partial charge in [0.1, 0.15) is 5.01 Å². The van der Waals surface area contributed by atoms with Crippen molar-refractivity contribution in [3.8, 4) is 10.6 Å². The molecule has 1 aromatic heterocycles. The fourth-order valence-electron chi connectivity index (χ4n) is 2.05. The average Bonchev–Trinajstić information content (AvgIpc) is 2.99. The summed E-state index contributed by atoms with van der Waals surface area (Å²) in [5, 5.41) is 5.75. The van der Waals surface area contributed by atoms with Crippen LogP contribution in [-0.2, 0) is 11.2 Å². The van der Waals surface area contributed by atoms with E-state index in [9.17, 15) is 4.79 Å². The number of amides is 1. The highest BCUT2D eigenvalue weighted by Crippen LogP contribution is 2.27. The van der Waals surface area contributed by atoms with E-state index in [-0.39, 0.29) is 12.3 Å². The van der Waals surface area contributed by atoms with Crippen molar-refractivity contribution in [2.75, 3.05) is 5.32 Å². The first-order chi connectivity index (χ1) is 11.1. The van der Waals surface area contributed by atoms with Crippen LogP contribution in [0, 0.1) is 0 Å². The van der Waals surface area contributed by atoms with Crippen LogP contribution in [0.2, 0.25) is 0 Å². The quantitative estimate of drug-likeness (QED) is 0.567. The largest absolute Gasteiger partial charge is 0.325 e. The van der Waals surface area contributed by atoms with E-state index in [0.29, 0.717) is 0 Å². The molecule has 0 saturated carbocycles. The molecule has 1 N–H and O–H groups in total. The number of benzene rings is 2. The lowest BCUT2D eigenvalue weighted by atomic mass is 10.2. The van der Waals surface area contributed by atoms with Gasteiger partial charge >= 0.3 is 0 Å². The molecule has 0 fully saturated rings. The van der Waals surface area contributed by atoms with Crippen molar-refractivity contribution < 1.29 is 4.79 Å². The number of anilines is 1. The van der Waals surface area contributed by atoms with Crippen LogP contribution in [0.25, 0.3) is 10.6 Å². The molecule has 2 aromatic carbocycles. The molecule has 0 aliphatic rings. The molecule has 3 rings (SSSR count). The Bertz CT molecular complexity index is 834. The van der Waals surface area contributed by atoms with Gasteiger partial charge in [-0.15, -0.1) is 11.3 Å². The highest BCUT2D eigenvalue weighted by molar-refractivity contribution is 9.11. The van der Waals surface area contributed by atoms with Crippen LogP contribution in [0.4, 0.5) is 5.69 Å². The first kappa shape index (κ1) is 16.4. The molecule has 3 nitrogen and oxygen atoms in total. The van der Waals surface area contributed by atoms with Gasteiger partial charge in [0.25, 0.3) is 0 Å². The fourth-order valence-corrected chi connectivity index (χ4v) is 4.02. The normalized spacial score (nSPS) is 10.5. The van der Waals surface area contributed by atoms with Gasteiger partial charge in [-0.05, 0) is 34.1 Å². The van der Waals surface area contributed by atoms with E-state index < -0.39 is 0 Å². The number of aromatic nitrogens is 1. The molecule has 23 heavy (non-hydrogen) atoms. The number of rotatable bonds is 4. The number of halogens is 2. The third kappa shape index (κ3) is 4.28. The maximum atomic E-state index is 12.2. The number of thiazole rings is 1. The van der Waals surface area contributed by atoms with E-state index in [0.717, 1.165) is 30.9 Å². The second-order valence-corrected chi connectivity index (χ2v) is 7.49. The third-order valence-electron chi connectivity index (χ3n) is 3.12. The molecule has 0 saturated heterocycles. The van der Waals surface area contributed by atoms with Crippen molar-refractivity contribution in [1.29, 1.82) is 0 Å². The Kier molecular flexibility index (Phi) is 5.25. The SMILES string of the molecule is O=C(Cc1csc(-c2ccccc2)n1)Nc1ccc(Br)cc1Br. The van der Waals surface area contributed by atoms with Crippen molar-refractivity contribution in [3.63, 3.8) is 0 Å². The zero-order chi connectivity index (χ0) is 16.2. The molecule has 0 bridgehead atoms. The zero-order valence-electron chi connectivity index (χ0n) is 11.9. The molecule has 1 amide bonds. The summed E-state index contributed by atoms with van der Waals surface area (Å²) in [7, 11) is 0. The molecular formula is C17H12Br2N2OS. The van der Waals surface area contributed by atoms with E-state index in [1.165, 1.54) is 0 Å². The minimum absolute atomic E-state index is 0.0852. The molecular weight excluding hydrogens is 440 g/mol. The van der Waals surface area contributed by atoms with Gasteiger partial charge in [0.05, 0.1) is 17.8 Å². The predicted molar refractivity (Wildman–Crippen MR) is 102 cm³/mol. The second-order valence-electron chi connectivity index (χ2n) is 4.86. The minimum atomic E-state index is -0.0852. The summed E-state index contributed by atoms with van der Waals surface area (Å²) in [6.45, 7) is 0. The van der Waals surface area contributed by atoms with Crippen molar-refractivity contribution >= 4 is 54.8 Å². The Morgan fingerprint density at radius 3 is 2.65 bits per heavy atom. The van der Waals surface area contributed by atoms with Gasteiger partial charge in [-0.25, -0.2) is 4.98 Å². The lowest BCUT2D eigenvalue weighted by Crippen LogP contribution is -2.14. The highest BCUT2D eigenvalue weighted by atomic mass is 79.9. The Morgan fingerprint density at radius 1 is 1.13 bits per heavy atom.